The molecule has 13 heavy (non-hydrogen) atoms. The van der Waals surface area contributed by atoms with Crippen molar-refractivity contribution < 1.29 is 0 Å². The largest absolute Gasteiger partial charge is 0.252 e. The standard InChI is InChI=1S/C10H13N3/c1-7(2)8(3)13-10-9(4)11-5-6-12-10/h5-6H,4H2,1-3H3/b13-10+. The monoisotopic (exact) mass is 175 g/mol. The van der Waals surface area contributed by atoms with E-state index in [0.717, 1.165) is 5.70 Å². The van der Waals surface area contributed by atoms with Gasteiger partial charge < -0.3 is 0 Å². The third-order valence-electron chi connectivity index (χ3n) is 1.75. The van der Waals surface area contributed by atoms with Gasteiger partial charge >= 0.3 is 0 Å². The van der Waals surface area contributed by atoms with Crippen molar-refractivity contribution in [2.45, 2.75) is 20.8 Å². The molecule has 0 saturated heterocycles. The van der Waals surface area contributed by atoms with Gasteiger partial charge in [0.25, 0.3) is 0 Å². The Hall–Kier alpha value is -1.51. The first kappa shape index (κ1) is 9.58. The first-order valence-electron chi connectivity index (χ1n) is 4.10. The van der Waals surface area contributed by atoms with Crippen LogP contribution in [-0.2, 0) is 0 Å². The molecule has 1 heterocycles. The second-order valence-corrected chi connectivity index (χ2v) is 3.02. The van der Waals surface area contributed by atoms with E-state index in [1.807, 2.05) is 20.8 Å². The normalized spacial score (nSPS) is 18.1. The Morgan fingerprint density at radius 1 is 1.23 bits per heavy atom. The summed E-state index contributed by atoms with van der Waals surface area (Å²) in [5.41, 5.74) is 2.75. The van der Waals surface area contributed by atoms with Gasteiger partial charge in [0.1, 0.15) is 5.70 Å². The van der Waals surface area contributed by atoms with Crippen molar-refractivity contribution in [1.29, 1.82) is 0 Å². The summed E-state index contributed by atoms with van der Waals surface area (Å²) in [7, 11) is 0. The summed E-state index contributed by atoms with van der Waals surface area (Å²) in [4.78, 5) is 12.4. The van der Waals surface area contributed by atoms with Crippen molar-refractivity contribution in [3.8, 4) is 0 Å². The Balaban J connectivity index is 2.96. The van der Waals surface area contributed by atoms with Crippen LogP contribution in [0.25, 0.3) is 0 Å². The molecule has 0 unspecified atom stereocenters. The zero-order valence-electron chi connectivity index (χ0n) is 8.20. The molecule has 0 atom stereocenters. The molecule has 0 N–H and O–H groups in total. The van der Waals surface area contributed by atoms with E-state index < -0.39 is 0 Å². The molecule has 0 aliphatic carbocycles. The Kier molecular flexibility index (Phi) is 2.90. The smallest absolute Gasteiger partial charge is 0.177 e. The summed E-state index contributed by atoms with van der Waals surface area (Å²) in [5.74, 6) is 0.598. The van der Waals surface area contributed by atoms with Crippen LogP contribution in [0.15, 0.2) is 38.5 Å². The van der Waals surface area contributed by atoms with E-state index in [4.69, 9.17) is 0 Å². The summed E-state index contributed by atoms with van der Waals surface area (Å²) >= 11 is 0. The Morgan fingerprint density at radius 2 is 1.85 bits per heavy atom. The van der Waals surface area contributed by atoms with Crippen LogP contribution in [0.2, 0.25) is 0 Å². The van der Waals surface area contributed by atoms with Crippen molar-refractivity contribution in [3.63, 3.8) is 0 Å². The fourth-order valence-electron chi connectivity index (χ4n) is 0.724. The molecular weight excluding hydrogens is 162 g/mol. The van der Waals surface area contributed by atoms with E-state index in [9.17, 15) is 0 Å². The van der Waals surface area contributed by atoms with Gasteiger partial charge in [0, 0.05) is 18.1 Å². The van der Waals surface area contributed by atoms with Crippen LogP contribution in [0.5, 0.6) is 0 Å². The third-order valence-corrected chi connectivity index (χ3v) is 1.75. The van der Waals surface area contributed by atoms with E-state index in [0.29, 0.717) is 11.5 Å². The molecule has 0 saturated carbocycles. The fraction of sp³-hybridized carbons (Fsp3) is 0.300. The predicted molar refractivity (Wildman–Crippen MR) is 57.6 cm³/mol. The average molecular weight is 175 g/mol. The van der Waals surface area contributed by atoms with Crippen LogP contribution in [-0.4, -0.2) is 18.3 Å². The first-order valence-corrected chi connectivity index (χ1v) is 4.10. The molecule has 3 heteroatoms. The summed E-state index contributed by atoms with van der Waals surface area (Å²) in [5, 5.41) is 0. The summed E-state index contributed by atoms with van der Waals surface area (Å²) in [6.45, 7) is 9.71. The lowest BCUT2D eigenvalue weighted by Crippen LogP contribution is -2.03. The molecular formula is C10H13N3. The Bertz CT molecular complexity index is 339. The Labute approximate surface area is 78.3 Å². The zero-order chi connectivity index (χ0) is 9.84. The molecule has 0 fully saturated rings. The van der Waals surface area contributed by atoms with Crippen molar-refractivity contribution in [3.05, 3.63) is 23.5 Å². The molecule has 0 aromatic carbocycles. The van der Waals surface area contributed by atoms with Gasteiger partial charge in [-0.2, -0.15) is 0 Å². The van der Waals surface area contributed by atoms with Crippen LogP contribution in [0, 0.1) is 0 Å². The maximum atomic E-state index is 4.30. The quantitative estimate of drug-likeness (QED) is 0.586. The first-order chi connectivity index (χ1) is 6.11. The maximum absolute atomic E-state index is 4.30. The number of nitrogens with zero attached hydrogens (tertiary/aromatic N) is 3. The van der Waals surface area contributed by atoms with E-state index in [-0.39, 0.29) is 0 Å². The van der Waals surface area contributed by atoms with Crippen molar-refractivity contribution in [2.75, 3.05) is 0 Å². The highest BCUT2D eigenvalue weighted by Gasteiger charge is 2.03. The average Bonchev–Trinajstić information content (AvgIpc) is 2.08. The molecule has 0 spiro atoms. The van der Waals surface area contributed by atoms with Crippen molar-refractivity contribution >= 4 is 18.3 Å². The minimum absolute atomic E-state index is 0.598. The van der Waals surface area contributed by atoms with Crippen molar-refractivity contribution in [1.82, 2.24) is 0 Å². The minimum Gasteiger partial charge on any atom is -0.252 e. The van der Waals surface area contributed by atoms with Crippen LogP contribution in [0.3, 0.4) is 0 Å². The molecule has 0 amide bonds. The molecule has 0 radical (unpaired) electrons. The molecule has 1 aliphatic heterocycles. The van der Waals surface area contributed by atoms with E-state index in [1.165, 1.54) is 5.57 Å². The highest BCUT2D eigenvalue weighted by atomic mass is 15.0. The number of hydrogen-bond acceptors (Lipinski definition) is 2. The van der Waals surface area contributed by atoms with Gasteiger partial charge in [0.2, 0.25) is 0 Å². The topological polar surface area (TPSA) is 37.1 Å². The van der Waals surface area contributed by atoms with Gasteiger partial charge in [-0.05, 0) is 20.8 Å². The van der Waals surface area contributed by atoms with Gasteiger partial charge in [-0.15, -0.1) is 0 Å². The van der Waals surface area contributed by atoms with Gasteiger partial charge in [-0.3, -0.25) is 4.99 Å². The SMILES string of the molecule is C=C1N=CC=N/C1=N/C(C)=C(C)C. The number of amidine groups is 1. The Morgan fingerprint density at radius 3 is 2.38 bits per heavy atom. The number of rotatable bonds is 1. The third kappa shape index (κ3) is 2.47. The predicted octanol–water partition coefficient (Wildman–Crippen LogP) is 2.37. The lowest BCUT2D eigenvalue weighted by molar-refractivity contribution is 1.17. The molecule has 1 rings (SSSR count). The maximum Gasteiger partial charge on any atom is 0.177 e. The van der Waals surface area contributed by atoms with Crippen LogP contribution in [0.1, 0.15) is 20.8 Å². The van der Waals surface area contributed by atoms with Gasteiger partial charge in [0.05, 0.1) is 0 Å². The molecule has 0 aromatic rings. The van der Waals surface area contributed by atoms with Gasteiger partial charge in [-0.25, -0.2) is 9.98 Å². The molecule has 3 nitrogen and oxygen atoms in total. The fourth-order valence-corrected chi connectivity index (χ4v) is 0.724. The van der Waals surface area contributed by atoms with E-state index in [2.05, 4.69) is 21.6 Å². The lowest BCUT2D eigenvalue weighted by atomic mass is 10.3. The number of aliphatic imine (C=N–C) groups is 3. The highest BCUT2D eigenvalue weighted by Crippen LogP contribution is 2.09. The molecule has 1 aliphatic rings. The summed E-state index contributed by atoms with van der Waals surface area (Å²) in [6.07, 6.45) is 3.23. The number of hydrogen-bond donors (Lipinski definition) is 0. The lowest BCUT2D eigenvalue weighted by Gasteiger charge is -2.03. The second kappa shape index (κ2) is 3.94. The van der Waals surface area contributed by atoms with Crippen LogP contribution in [0.4, 0.5) is 0 Å². The highest BCUT2D eigenvalue weighted by molar-refractivity contribution is 6.24. The minimum atomic E-state index is 0.598. The summed E-state index contributed by atoms with van der Waals surface area (Å²) in [6, 6.07) is 0. The summed E-state index contributed by atoms with van der Waals surface area (Å²) < 4.78 is 0. The van der Waals surface area contributed by atoms with Crippen LogP contribution >= 0.6 is 0 Å². The van der Waals surface area contributed by atoms with E-state index in [1.54, 1.807) is 12.4 Å². The molecule has 68 valence electrons. The van der Waals surface area contributed by atoms with E-state index >= 15 is 0 Å². The molecule has 0 aromatic heterocycles. The van der Waals surface area contributed by atoms with Gasteiger partial charge in [-0.1, -0.05) is 12.2 Å². The number of allylic oxidation sites excluding steroid dienone is 2. The molecule has 0 bridgehead atoms. The van der Waals surface area contributed by atoms with Crippen molar-refractivity contribution in [2.24, 2.45) is 15.0 Å². The van der Waals surface area contributed by atoms with Gasteiger partial charge in [0.15, 0.2) is 5.84 Å². The zero-order valence-corrected chi connectivity index (χ0v) is 8.20. The second-order valence-electron chi connectivity index (χ2n) is 3.02. The van der Waals surface area contributed by atoms with Crippen LogP contribution < -0.4 is 0 Å².